The second-order valence-corrected chi connectivity index (χ2v) is 8.34. The van der Waals surface area contributed by atoms with Gasteiger partial charge < -0.3 is 4.74 Å². The molecular formula is C16H13FN4O3S2. The first-order valence-corrected chi connectivity index (χ1v) is 9.93. The number of hydrazone groups is 1. The normalized spacial score (nSPS) is 19.2. The van der Waals surface area contributed by atoms with Crippen molar-refractivity contribution in [2.75, 3.05) is 6.54 Å². The van der Waals surface area contributed by atoms with E-state index in [9.17, 15) is 12.8 Å². The van der Waals surface area contributed by atoms with Gasteiger partial charge in [-0.25, -0.2) is 23.0 Å². The number of thioether (sulfide) groups is 1. The minimum atomic E-state index is -3.81. The summed E-state index contributed by atoms with van der Waals surface area (Å²) in [6, 6.07) is 13.0. The molecule has 0 fully saturated rings. The molecule has 0 aromatic heterocycles. The van der Waals surface area contributed by atoms with E-state index in [1.807, 2.05) is 12.1 Å². The monoisotopic (exact) mass is 392 g/mol. The van der Waals surface area contributed by atoms with Crippen LogP contribution in [0.15, 0.2) is 58.6 Å². The number of nitrogens with zero attached hydrogens (tertiary/aromatic N) is 3. The highest BCUT2D eigenvalue weighted by Gasteiger charge is 2.36. The summed E-state index contributed by atoms with van der Waals surface area (Å²) < 4.78 is 41.1. The van der Waals surface area contributed by atoms with Crippen LogP contribution in [-0.2, 0) is 10.0 Å². The van der Waals surface area contributed by atoms with Gasteiger partial charge in [-0.3, -0.25) is 4.99 Å². The Balaban J connectivity index is 1.44. The van der Waals surface area contributed by atoms with Gasteiger partial charge in [0, 0.05) is 0 Å². The lowest BCUT2D eigenvalue weighted by Crippen LogP contribution is -2.20. The standard InChI is InChI=1S/C16H13FN4O3S2/c17-11-3-7-13(8-4-11)24-12-5-1-10(2-6-12)14-9-21-15(19-14)25-16(20-21)26(18,22)23/h1-8,14H,9H2,(H2,18,22,23). The topological polar surface area (TPSA) is 97.4 Å². The van der Waals surface area contributed by atoms with Crippen LogP contribution in [0.25, 0.3) is 0 Å². The molecule has 1 unspecified atom stereocenters. The number of rotatable bonds is 3. The van der Waals surface area contributed by atoms with E-state index in [0.29, 0.717) is 23.2 Å². The minimum absolute atomic E-state index is 0.141. The molecule has 4 rings (SSSR count). The average Bonchev–Trinajstić information content (AvgIpc) is 3.16. The van der Waals surface area contributed by atoms with Crippen LogP contribution in [0.3, 0.4) is 0 Å². The third kappa shape index (κ3) is 3.43. The quantitative estimate of drug-likeness (QED) is 0.866. The van der Waals surface area contributed by atoms with Crippen molar-refractivity contribution < 1.29 is 17.5 Å². The maximum atomic E-state index is 12.9. The smallest absolute Gasteiger partial charge is 0.264 e. The molecule has 2 aromatic rings. The summed E-state index contributed by atoms with van der Waals surface area (Å²) in [5.41, 5.74) is 0.950. The molecule has 7 nitrogen and oxygen atoms in total. The predicted octanol–water partition coefficient (Wildman–Crippen LogP) is 2.64. The number of ether oxygens (including phenoxy) is 1. The number of primary sulfonamides is 1. The van der Waals surface area contributed by atoms with Crippen molar-refractivity contribution in [2.45, 2.75) is 6.04 Å². The number of halogens is 1. The molecule has 1 atom stereocenters. The summed E-state index contributed by atoms with van der Waals surface area (Å²) in [7, 11) is -3.81. The van der Waals surface area contributed by atoms with E-state index < -0.39 is 10.0 Å². The molecular weight excluding hydrogens is 379 g/mol. The highest BCUT2D eigenvalue weighted by atomic mass is 32.3. The Bertz CT molecular complexity index is 1000. The molecule has 2 aromatic carbocycles. The first kappa shape index (κ1) is 17.0. The van der Waals surface area contributed by atoms with E-state index in [4.69, 9.17) is 9.88 Å². The van der Waals surface area contributed by atoms with Crippen molar-refractivity contribution in [1.82, 2.24) is 5.01 Å². The van der Waals surface area contributed by atoms with Gasteiger partial charge in [0.25, 0.3) is 10.0 Å². The number of sulfonamides is 1. The molecule has 2 N–H and O–H groups in total. The lowest BCUT2D eigenvalue weighted by molar-refractivity contribution is 0.461. The summed E-state index contributed by atoms with van der Waals surface area (Å²) in [6.07, 6.45) is 0. The van der Waals surface area contributed by atoms with Gasteiger partial charge in [-0.05, 0) is 53.7 Å². The Morgan fingerprint density at radius 3 is 2.31 bits per heavy atom. The zero-order chi connectivity index (χ0) is 18.3. The zero-order valence-corrected chi connectivity index (χ0v) is 14.9. The summed E-state index contributed by atoms with van der Waals surface area (Å²) >= 11 is 0.950. The number of benzene rings is 2. The Labute approximate surface area is 153 Å². The Hall–Kier alpha value is -2.43. The highest BCUT2D eigenvalue weighted by Crippen LogP contribution is 2.35. The van der Waals surface area contributed by atoms with Gasteiger partial charge in [-0.15, -0.1) is 5.10 Å². The molecule has 0 bridgehead atoms. The van der Waals surface area contributed by atoms with Crippen LogP contribution in [0, 0.1) is 5.82 Å². The molecule has 2 aliphatic heterocycles. The van der Waals surface area contributed by atoms with Crippen LogP contribution in [0.2, 0.25) is 0 Å². The van der Waals surface area contributed by atoms with Gasteiger partial charge in [0.05, 0.1) is 12.6 Å². The third-order valence-electron chi connectivity index (χ3n) is 3.77. The molecule has 134 valence electrons. The highest BCUT2D eigenvalue weighted by molar-refractivity contribution is 8.42. The van der Waals surface area contributed by atoms with Crippen LogP contribution in [0.4, 0.5) is 4.39 Å². The molecule has 0 saturated carbocycles. The van der Waals surface area contributed by atoms with Crippen molar-refractivity contribution in [2.24, 2.45) is 15.2 Å². The zero-order valence-electron chi connectivity index (χ0n) is 13.2. The number of aliphatic imine (C=N–C) groups is 1. The van der Waals surface area contributed by atoms with Crippen LogP contribution < -0.4 is 9.88 Å². The van der Waals surface area contributed by atoms with E-state index >= 15 is 0 Å². The lowest BCUT2D eigenvalue weighted by atomic mass is 10.1. The van der Waals surface area contributed by atoms with E-state index in [1.54, 1.807) is 24.3 Å². The van der Waals surface area contributed by atoms with Gasteiger partial charge in [0.2, 0.25) is 4.38 Å². The molecule has 2 heterocycles. The second kappa shape index (κ2) is 6.38. The molecule has 10 heteroatoms. The van der Waals surface area contributed by atoms with Crippen LogP contribution in [0.5, 0.6) is 11.5 Å². The average molecular weight is 392 g/mol. The van der Waals surface area contributed by atoms with Gasteiger partial charge in [0.1, 0.15) is 17.3 Å². The van der Waals surface area contributed by atoms with Gasteiger partial charge >= 0.3 is 0 Å². The van der Waals surface area contributed by atoms with Crippen molar-refractivity contribution >= 4 is 31.3 Å². The van der Waals surface area contributed by atoms with Crippen LogP contribution >= 0.6 is 11.8 Å². The van der Waals surface area contributed by atoms with Crippen molar-refractivity contribution in [3.8, 4) is 11.5 Å². The van der Waals surface area contributed by atoms with Gasteiger partial charge in [-0.2, -0.15) is 0 Å². The maximum absolute atomic E-state index is 12.9. The Morgan fingerprint density at radius 1 is 1.12 bits per heavy atom. The van der Waals surface area contributed by atoms with Crippen molar-refractivity contribution in [1.29, 1.82) is 0 Å². The van der Waals surface area contributed by atoms with E-state index in [2.05, 4.69) is 10.1 Å². The summed E-state index contributed by atoms with van der Waals surface area (Å²) in [5, 5.41) is 11.1. The van der Waals surface area contributed by atoms with Crippen LogP contribution in [-0.4, -0.2) is 29.5 Å². The van der Waals surface area contributed by atoms with E-state index in [1.165, 1.54) is 17.1 Å². The van der Waals surface area contributed by atoms with Crippen molar-refractivity contribution in [3.05, 3.63) is 59.9 Å². The second-order valence-electron chi connectivity index (χ2n) is 5.65. The predicted molar refractivity (Wildman–Crippen MR) is 97.9 cm³/mol. The van der Waals surface area contributed by atoms with E-state index in [-0.39, 0.29) is 16.2 Å². The molecule has 26 heavy (non-hydrogen) atoms. The fourth-order valence-corrected chi connectivity index (χ4v) is 4.13. The summed E-state index contributed by atoms with van der Waals surface area (Å²) in [4.78, 5) is 4.50. The number of amidine groups is 1. The third-order valence-corrected chi connectivity index (χ3v) is 6.04. The van der Waals surface area contributed by atoms with E-state index in [0.717, 1.165) is 17.3 Å². The fourth-order valence-electron chi connectivity index (χ4n) is 2.53. The maximum Gasteiger partial charge on any atom is 0.264 e. The summed E-state index contributed by atoms with van der Waals surface area (Å²) in [5.74, 6) is 0.845. The largest absolute Gasteiger partial charge is 0.457 e. The Kier molecular flexibility index (Phi) is 4.17. The van der Waals surface area contributed by atoms with Crippen molar-refractivity contribution in [3.63, 3.8) is 0 Å². The Morgan fingerprint density at radius 2 is 1.73 bits per heavy atom. The molecule has 0 aliphatic carbocycles. The van der Waals surface area contributed by atoms with Gasteiger partial charge in [-0.1, -0.05) is 12.1 Å². The first-order chi connectivity index (χ1) is 12.4. The first-order valence-electron chi connectivity index (χ1n) is 7.56. The molecule has 0 saturated heterocycles. The molecule has 2 aliphatic rings. The van der Waals surface area contributed by atoms with Gasteiger partial charge in [0.15, 0.2) is 5.17 Å². The SMILES string of the molecule is NS(=O)(=O)C1=NN2CC(c3ccc(Oc4ccc(F)cc4)cc3)N=C2S1. The fraction of sp³-hybridized carbons (Fsp3) is 0.125. The molecule has 0 amide bonds. The number of hydrogen-bond donors (Lipinski definition) is 1. The molecule has 0 radical (unpaired) electrons. The van der Waals surface area contributed by atoms with Crippen LogP contribution in [0.1, 0.15) is 11.6 Å². The molecule has 0 spiro atoms. The lowest BCUT2D eigenvalue weighted by Gasteiger charge is -2.11. The number of fused-ring (bicyclic) bond motifs is 1. The summed E-state index contributed by atoms with van der Waals surface area (Å²) in [6.45, 7) is 0.444. The number of hydrogen-bond acceptors (Lipinski definition) is 7. The minimum Gasteiger partial charge on any atom is -0.457 e. The number of nitrogens with two attached hydrogens (primary N) is 1.